The number of rotatable bonds is 1. The SMILES string of the molecule is C[Si](C)(C)C#Cc1ccccc1-c1ccco1. The van der Waals surface area contributed by atoms with E-state index in [0.29, 0.717) is 0 Å². The maximum absolute atomic E-state index is 5.44. The first-order valence-corrected chi connectivity index (χ1v) is 9.22. The minimum atomic E-state index is -1.34. The van der Waals surface area contributed by atoms with Crippen molar-refractivity contribution in [3.05, 3.63) is 48.2 Å². The average molecular weight is 240 g/mol. The van der Waals surface area contributed by atoms with E-state index < -0.39 is 8.07 Å². The lowest BCUT2D eigenvalue weighted by Crippen LogP contribution is -2.16. The Hall–Kier alpha value is -1.72. The van der Waals surface area contributed by atoms with Gasteiger partial charge in [-0.2, -0.15) is 0 Å². The standard InChI is InChI=1S/C15H16OSi/c1-17(2,3)12-10-13-7-4-5-8-14(13)15-9-6-11-16-15/h4-9,11H,1-3H3. The summed E-state index contributed by atoms with van der Waals surface area (Å²) in [4.78, 5) is 0. The van der Waals surface area contributed by atoms with Crippen molar-refractivity contribution in [3.8, 4) is 22.8 Å². The molecule has 0 atom stereocenters. The van der Waals surface area contributed by atoms with Gasteiger partial charge < -0.3 is 4.42 Å². The van der Waals surface area contributed by atoms with E-state index in [1.807, 2.05) is 36.4 Å². The second-order valence-corrected chi connectivity index (χ2v) is 9.77. The van der Waals surface area contributed by atoms with Crippen molar-refractivity contribution >= 4 is 8.07 Å². The van der Waals surface area contributed by atoms with E-state index in [-0.39, 0.29) is 0 Å². The third-order valence-corrected chi connectivity index (χ3v) is 3.16. The maximum atomic E-state index is 5.44. The van der Waals surface area contributed by atoms with Gasteiger partial charge in [0.2, 0.25) is 0 Å². The molecular formula is C15H16OSi. The second-order valence-electron chi connectivity index (χ2n) is 5.02. The Bertz CT molecular complexity index is 551. The molecule has 0 N–H and O–H groups in total. The van der Waals surface area contributed by atoms with Crippen LogP contribution < -0.4 is 0 Å². The third-order valence-electron chi connectivity index (χ3n) is 2.29. The highest BCUT2D eigenvalue weighted by Crippen LogP contribution is 2.23. The predicted molar refractivity (Wildman–Crippen MR) is 74.4 cm³/mol. The molecule has 1 heterocycles. The van der Waals surface area contributed by atoms with Gasteiger partial charge in [-0.3, -0.25) is 0 Å². The van der Waals surface area contributed by atoms with E-state index in [1.165, 1.54) is 0 Å². The van der Waals surface area contributed by atoms with Crippen LogP contribution >= 0.6 is 0 Å². The Labute approximate surface area is 103 Å². The van der Waals surface area contributed by atoms with Crippen LogP contribution in [0, 0.1) is 11.5 Å². The molecule has 17 heavy (non-hydrogen) atoms. The Morgan fingerprint density at radius 2 is 1.76 bits per heavy atom. The minimum Gasteiger partial charge on any atom is -0.464 e. The fourth-order valence-corrected chi connectivity index (χ4v) is 2.00. The summed E-state index contributed by atoms with van der Waals surface area (Å²) in [7, 11) is -1.34. The average Bonchev–Trinajstić information content (AvgIpc) is 2.79. The quantitative estimate of drug-likeness (QED) is 0.538. The summed E-state index contributed by atoms with van der Waals surface area (Å²) in [5.74, 6) is 4.17. The molecule has 0 saturated heterocycles. The molecule has 1 aromatic heterocycles. The molecule has 0 spiro atoms. The number of furan rings is 1. The zero-order chi connectivity index (χ0) is 12.3. The first-order valence-electron chi connectivity index (χ1n) is 5.72. The van der Waals surface area contributed by atoms with Crippen molar-refractivity contribution in [1.82, 2.24) is 0 Å². The van der Waals surface area contributed by atoms with Crippen LogP contribution in [0.3, 0.4) is 0 Å². The summed E-state index contributed by atoms with van der Waals surface area (Å²) >= 11 is 0. The topological polar surface area (TPSA) is 13.1 Å². The van der Waals surface area contributed by atoms with Gasteiger partial charge in [0.15, 0.2) is 0 Å². The summed E-state index contributed by atoms with van der Waals surface area (Å²) < 4.78 is 5.44. The maximum Gasteiger partial charge on any atom is 0.135 e. The molecule has 0 aliphatic rings. The van der Waals surface area contributed by atoms with E-state index in [4.69, 9.17) is 4.42 Å². The summed E-state index contributed by atoms with van der Waals surface area (Å²) in [5.41, 5.74) is 5.51. The van der Waals surface area contributed by atoms with Gasteiger partial charge in [-0.1, -0.05) is 37.7 Å². The Balaban J connectivity index is 2.45. The zero-order valence-corrected chi connectivity index (χ0v) is 11.4. The van der Waals surface area contributed by atoms with Crippen molar-refractivity contribution in [2.45, 2.75) is 19.6 Å². The molecule has 0 aliphatic heterocycles. The summed E-state index contributed by atoms with van der Waals surface area (Å²) in [6.07, 6.45) is 1.69. The fourth-order valence-electron chi connectivity index (χ4n) is 1.49. The number of benzene rings is 1. The molecular weight excluding hydrogens is 224 g/mol. The first-order chi connectivity index (χ1) is 8.06. The largest absolute Gasteiger partial charge is 0.464 e. The van der Waals surface area contributed by atoms with Crippen LogP contribution in [0.4, 0.5) is 0 Å². The lowest BCUT2D eigenvalue weighted by molar-refractivity contribution is 0.582. The van der Waals surface area contributed by atoms with Crippen molar-refractivity contribution in [1.29, 1.82) is 0 Å². The summed E-state index contributed by atoms with van der Waals surface area (Å²) in [6, 6.07) is 12.0. The molecule has 2 aromatic rings. The molecule has 0 aliphatic carbocycles. The van der Waals surface area contributed by atoms with E-state index in [1.54, 1.807) is 6.26 Å². The van der Waals surface area contributed by atoms with Crippen molar-refractivity contribution < 1.29 is 4.42 Å². The van der Waals surface area contributed by atoms with Gasteiger partial charge in [-0.15, -0.1) is 5.54 Å². The van der Waals surface area contributed by atoms with E-state index in [2.05, 4.69) is 31.1 Å². The van der Waals surface area contributed by atoms with Gasteiger partial charge >= 0.3 is 0 Å². The number of hydrogen-bond acceptors (Lipinski definition) is 1. The van der Waals surface area contributed by atoms with Crippen LogP contribution in [0.2, 0.25) is 19.6 Å². The van der Waals surface area contributed by atoms with Crippen molar-refractivity contribution in [2.24, 2.45) is 0 Å². The molecule has 0 fully saturated rings. The number of hydrogen-bond donors (Lipinski definition) is 0. The fraction of sp³-hybridized carbons (Fsp3) is 0.200. The van der Waals surface area contributed by atoms with Crippen LogP contribution in [-0.2, 0) is 0 Å². The molecule has 2 rings (SSSR count). The van der Waals surface area contributed by atoms with Gasteiger partial charge in [0.05, 0.1) is 6.26 Å². The van der Waals surface area contributed by atoms with E-state index in [9.17, 15) is 0 Å². The molecule has 0 unspecified atom stereocenters. The van der Waals surface area contributed by atoms with Gasteiger partial charge in [0, 0.05) is 11.1 Å². The monoisotopic (exact) mass is 240 g/mol. The highest BCUT2D eigenvalue weighted by atomic mass is 28.3. The van der Waals surface area contributed by atoms with Gasteiger partial charge in [0.1, 0.15) is 13.8 Å². The minimum absolute atomic E-state index is 0.880. The zero-order valence-electron chi connectivity index (χ0n) is 10.4. The molecule has 0 amide bonds. The highest BCUT2D eigenvalue weighted by molar-refractivity contribution is 6.83. The highest BCUT2D eigenvalue weighted by Gasteiger charge is 2.09. The van der Waals surface area contributed by atoms with E-state index in [0.717, 1.165) is 16.9 Å². The molecule has 0 bridgehead atoms. The smallest absolute Gasteiger partial charge is 0.135 e. The predicted octanol–water partition coefficient (Wildman–Crippen LogP) is 4.18. The van der Waals surface area contributed by atoms with Gasteiger partial charge in [0.25, 0.3) is 0 Å². The van der Waals surface area contributed by atoms with Crippen molar-refractivity contribution in [3.63, 3.8) is 0 Å². The van der Waals surface area contributed by atoms with Crippen molar-refractivity contribution in [2.75, 3.05) is 0 Å². The first kappa shape index (κ1) is 11.8. The lowest BCUT2D eigenvalue weighted by Gasteiger charge is -2.05. The summed E-state index contributed by atoms with van der Waals surface area (Å²) in [6.45, 7) is 6.74. The van der Waals surface area contributed by atoms with Gasteiger partial charge in [-0.05, 0) is 24.3 Å². The van der Waals surface area contributed by atoms with Crippen LogP contribution in [-0.4, -0.2) is 8.07 Å². The summed E-state index contributed by atoms with van der Waals surface area (Å²) in [5, 5.41) is 0. The van der Waals surface area contributed by atoms with Crippen LogP contribution in [0.1, 0.15) is 5.56 Å². The molecule has 2 heteroatoms. The van der Waals surface area contributed by atoms with Gasteiger partial charge in [-0.25, -0.2) is 0 Å². The molecule has 86 valence electrons. The molecule has 1 aromatic carbocycles. The molecule has 1 nitrogen and oxygen atoms in total. The van der Waals surface area contributed by atoms with Crippen LogP contribution in [0.5, 0.6) is 0 Å². The third kappa shape index (κ3) is 3.12. The van der Waals surface area contributed by atoms with Crippen LogP contribution in [0.25, 0.3) is 11.3 Å². The van der Waals surface area contributed by atoms with Crippen LogP contribution in [0.15, 0.2) is 47.1 Å². The Morgan fingerprint density at radius 1 is 1.00 bits per heavy atom. The Kier molecular flexibility index (Phi) is 3.21. The normalized spacial score (nSPS) is 10.8. The molecule has 0 saturated carbocycles. The Morgan fingerprint density at radius 3 is 2.41 bits per heavy atom. The molecule has 0 radical (unpaired) electrons. The van der Waals surface area contributed by atoms with E-state index >= 15 is 0 Å². The lowest BCUT2D eigenvalue weighted by atomic mass is 10.1. The second kappa shape index (κ2) is 4.64.